The van der Waals surface area contributed by atoms with Crippen molar-refractivity contribution in [1.29, 1.82) is 0 Å². The number of nitrogens with two attached hydrogens (primary N) is 1. The lowest BCUT2D eigenvalue weighted by Gasteiger charge is -2.39. The normalized spacial score (nSPS) is 31.2. The van der Waals surface area contributed by atoms with E-state index < -0.39 is 5.60 Å². The highest BCUT2D eigenvalue weighted by Gasteiger charge is 2.36. The molecule has 0 aromatic heterocycles. The molecule has 1 saturated carbocycles. The molecule has 0 radical (unpaired) electrons. The highest BCUT2D eigenvalue weighted by atomic mass is 16.3. The van der Waals surface area contributed by atoms with Gasteiger partial charge >= 0.3 is 0 Å². The monoisotopic (exact) mass is 213 g/mol. The Balaban J connectivity index is 2.49. The van der Waals surface area contributed by atoms with Crippen LogP contribution in [0, 0.1) is 11.8 Å². The van der Waals surface area contributed by atoms with Gasteiger partial charge in [0, 0.05) is 6.54 Å². The first-order valence-corrected chi connectivity index (χ1v) is 6.58. The van der Waals surface area contributed by atoms with Crippen molar-refractivity contribution in [3.8, 4) is 0 Å². The van der Waals surface area contributed by atoms with Crippen LogP contribution in [-0.2, 0) is 0 Å². The van der Waals surface area contributed by atoms with E-state index in [0.29, 0.717) is 12.5 Å². The Labute approximate surface area is 94.2 Å². The molecule has 1 atom stereocenters. The summed E-state index contributed by atoms with van der Waals surface area (Å²) < 4.78 is 0. The van der Waals surface area contributed by atoms with Crippen LogP contribution in [0.15, 0.2) is 0 Å². The molecule has 1 aliphatic rings. The van der Waals surface area contributed by atoms with Gasteiger partial charge in [0.05, 0.1) is 5.60 Å². The summed E-state index contributed by atoms with van der Waals surface area (Å²) in [5.41, 5.74) is 5.17. The summed E-state index contributed by atoms with van der Waals surface area (Å²) in [5, 5.41) is 10.5. The number of hydrogen-bond acceptors (Lipinski definition) is 2. The zero-order chi connectivity index (χ0) is 11.3. The first-order valence-electron chi connectivity index (χ1n) is 6.58. The largest absolute Gasteiger partial charge is 0.388 e. The zero-order valence-electron chi connectivity index (χ0n) is 10.3. The topological polar surface area (TPSA) is 46.2 Å². The van der Waals surface area contributed by atoms with Gasteiger partial charge in [-0.05, 0) is 31.1 Å². The molecule has 1 fully saturated rings. The second kappa shape index (κ2) is 5.86. The summed E-state index contributed by atoms with van der Waals surface area (Å²) in [7, 11) is 0. The van der Waals surface area contributed by atoms with Crippen molar-refractivity contribution >= 4 is 0 Å². The fourth-order valence-corrected chi connectivity index (χ4v) is 3.01. The van der Waals surface area contributed by atoms with Crippen molar-refractivity contribution in [3.63, 3.8) is 0 Å². The summed E-state index contributed by atoms with van der Waals surface area (Å²) in [5.74, 6) is 1.34. The summed E-state index contributed by atoms with van der Waals surface area (Å²) in [6, 6.07) is 0. The van der Waals surface area contributed by atoms with Gasteiger partial charge in [0.25, 0.3) is 0 Å². The summed E-state index contributed by atoms with van der Waals surface area (Å²) in [6.07, 6.45) is 8.10. The lowest BCUT2D eigenvalue weighted by atomic mass is 9.71. The van der Waals surface area contributed by atoms with Crippen molar-refractivity contribution < 1.29 is 5.11 Å². The van der Waals surface area contributed by atoms with Crippen molar-refractivity contribution in [3.05, 3.63) is 0 Å². The predicted octanol–water partition coefficient (Wildman–Crippen LogP) is 2.69. The van der Waals surface area contributed by atoms with E-state index in [1.54, 1.807) is 0 Å². The molecule has 0 saturated heterocycles. The smallest absolute Gasteiger partial charge is 0.0797 e. The van der Waals surface area contributed by atoms with Gasteiger partial charge in [0.2, 0.25) is 0 Å². The van der Waals surface area contributed by atoms with E-state index in [-0.39, 0.29) is 0 Å². The summed E-state index contributed by atoms with van der Waals surface area (Å²) in [4.78, 5) is 0. The van der Waals surface area contributed by atoms with Gasteiger partial charge in [0.15, 0.2) is 0 Å². The minimum atomic E-state index is -0.576. The van der Waals surface area contributed by atoms with E-state index >= 15 is 0 Å². The van der Waals surface area contributed by atoms with Crippen LogP contribution in [0.25, 0.3) is 0 Å². The first-order chi connectivity index (χ1) is 7.16. The lowest BCUT2D eigenvalue weighted by Crippen LogP contribution is -2.46. The van der Waals surface area contributed by atoms with Crippen molar-refractivity contribution in [1.82, 2.24) is 0 Å². The predicted molar refractivity (Wildman–Crippen MR) is 64.7 cm³/mol. The molecule has 0 spiro atoms. The van der Waals surface area contributed by atoms with Gasteiger partial charge < -0.3 is 10.8 Å². The van der Waals surface area contributed by atoms with E-state index in [1.807, 2.05) is 0 Å². The summed E-state index contributed by atoms with van der Waals surface area (Å²) in [6.45, 7) is 4.83. The van der Waals surface area contributed by atoms with Crippen LogP contribution in [-0.4, -0.2) is 17.3 Å². The molecule has 1 unspecified atom stereocenters. The molecule has 1 rings (SSSR count). The maximum atomic E-state index is 10.5. The molecule has 2 heteroatoms. The quantitative estimate of drug-likeness (QED) is 0.737. The Bertz CT molecular complexity index is 175. The molecule has 90 valence electrons. The molecular weight excluding hydrogens is 186 g/mol. The van der Waals surface area contributed by atoms with Crippen LogP contribution >= 0.6 is 0 Å². The SMILES string of the molecule is CCCC(O)(CN)C1CCC(CC)CC1. The van der Waals surface area contributed by atoms with Crippen LogP contribution in [0.1, 0.15) is 58.8 Å². The zero-order valence-corrected chi connectivity index (χ0v) is 10.3. The molecule has 2 nitrogen and oxygen atoms in total. The standard InChI is InChI=1S/C13H27NO/c1-3-9-13(15,10-14)12-7-5-11(4-2)6-8-12/h11-12,15H,3-10,14H2,1-2H3. The van der Waals surface area contributed by atoms with E-state index in [2.05, 4.69) is 13.8 Å². The minimum Gasteiger partial charge on any atom is -0.388 e. The van der Waals surface area contributed by atoms with Crippen LogP contribution in [0.5, 0.6) is 0 Å². The Morgan fingerprint density at radius 2 is 1.80 bits per heavy atom. The van der Waals surface area contributed by atoms with Gasteiger partial charge in [-0.1, -0.05) is 39.5 Å². The lowest BCUT2D eigenvalue weighted by molar-refractivity contribution is -0.0379. The van der Waals surface area contributed by atoms with Gasteiger partial charge in [-0.15, -0.1) is 0 Å². The van der Waals surface area contributed by atoms with E-state index in [9.17, 15) is 5.11 Å². The van der Waals surface area contributed by atoms with Crippen molar-refractivity contribution in [2.45, 2.75) is 64.4 Å². The highest BCUT2D eigenvalue weighted by molar-refractivity contribution is 4.89. The fraction of sp³-hybridized carbons (Fsp3) is 1.00. The fourth-order valence-electron chi connectivity index (χ4n) is 3.01. The molecule has 0 aliphatic heterocycles. The Morgan fingerprint density at radius 3 is 2.20 bits per heavy atom. The van der Waals surface area contributed by atoms with Gasteiger partial charge in [0.1, 0.15) is 0 Å². The third kappa shape index (κ3) is 3.18. The van der Waals surface area contributed by atoms with Crippen LogP contribution in [0.4, 0.5) is 0 Å². The molecule has 0 amide bonds. The molecule has 15 heavy (non-hydrogen) atoms. The minimum absolute atomic E-state index is 0.433. The average molecular weight is 213 g/mol. The van der Waals surface area contributed by atoms with E-state index in [0.717, 1.165) is 18.8 Å². The number of hydrogen-bond donors (Lipinski definition) is 2. The highest BCUT2D eigenvalue weighted by Crippen LogP contribution is 2.38. The third-order valence-corrected chi connectivity index (χ3v) is 4.22. The molecule has 3 N–H and O–H groups in total. The van der Waals surface area contributed by atoms with Gasteiger partial charge in [-0.3, -0.25) is 0 Å². The molecule has 1 aliphatic carbocycles. The summed E-state index contributed by atoms with van der Waals surface area (Å²) >= 11 is 0. The first kappa shape index (κ1) is 13.0. The van der Waals surface area contributed by atoms with Crippen molar-refractivity contribution in [2.24, 2.45) is 17.6 Å². The average Bonchev–Trinajstić information content (AvgIpc) is 2.29. The molecule has 0 aromatic carbocycles. The van der Waals surface area contributed by atoms with Crippen LogP contribution in [0.2, 0.25) is 0 Å². The van der Waals surface area contributed by atoms with E-state index in [1.165, 1.54) is 32.1 Å². The second-order valence-electron chi connectivity index (χ2n) is 5.18. The van der Waals surface area contributed by atoms with Gasteiger partial charge in [-0.2, -0.15) is 0 Å². The number of aliphatic hydroxyl groups is 1. The third-order valence-electron chi connectivity index (χ3n) is 4.22. The van der Waals surface area contributed by atoms with E-state index in [4.69, 9.17) is 5.73 Å². The molecule has 0 heterocycles. The Morgan fingerprint density at radius 1 is 1.20 bits per heavy atom. The molecule has 0 bridgehead atoms. The van der Waals surface area contributed by atoms with Crippen LogP contribution < -0.4 is 5.73 Å². The number of rotatable bonds is 5. The van der Waals surface area contributed by atoms with Crippen LogP contribution in [0.3, 0.4) is 0 Å². The van der Waals surface area contributed by atoms with Crippen molar-refractivity contribution in [2.75, 3.05) is 6.54 Å². The maximum Gasteiger partial charge on any atom is 0.0797 e. The van der Waals surface area contributed by atoms with Gasteiger partial charge in [-0.25, -0.2) is 0 Å². The Hall–Kier alpha value is -0.0800. The second-order valence-corrected chi connectivity index (χ2v) is 5.18. The Kier molecular flexibility index (Phi) is 5.07. The molecular formula is C13H27NO. The molecule has 0 aromatic rings. The maximum absolute atomic E-state index is 10.5.